The van der Waals surface area contributed by atoms with Gasteiger partial charge in [-0.15, -0.1) is 0 Å². The third-order valence-corrected chi connectivity index (χ3v) is 5.68. The molecule has 1 aliphatic rings. The first-order valence-electron chi connectivity index (χ1n) is 10.1. The second kappa shape index (κ2) is 9.31. The molecule has 0 N–H and O–H groups in total. The average Bonchev–Trinajstić information content (AvgIpc) is 3.27. The number of aromatic nitrogens is 2. The molecule has 2 heterocycles. The Bertz CT molecular complexity index is 1080. The number of carbonyl (C=O) groups is 2. The fourth-order valence-corrected chi connectivity index (χ4v) is 3.86. The maximum atomic E-state index is 13.2. The molecule has 1 saturated heterocycles. The SMILES string of the molecule is O=C(CCc1cnn(-c2ccccc2)c1)N1CCN(C(=O)c2ccc(F)cc2Cl)CC1. The van der Waals surface area contributed by atoms with Crippen molar-refractivity contribution in [2.24, 2.45) is 0 Å². The van der Waals surface area contributed by atoms with E-state index in [9.17, 15) is 14.0 Å². The number of benzene rings is 2. The molecular weight excluding hydrogens is 419 g/mol. The fraction of sp³-hybridized carbons (Fsp3) is 0.261. The second-order valence-corrected chi connectivity index (χ2v) is 7.83. The molecule has 0 saturated carbocycles. The smallest absolute Gasteiger partial charge is 0.255 e. The van der Waals surface area contributed by atoms with E-state index < -0.39 is 5.82 Å². The average molecular weight is 441 g/mol. The van der Waals surface area contributed by atoms with E-state index in [-0.39, 0.29) is 22.4 Å². The Kier molecular flexibility index (Phi) is 6.32. The molecule has 0 unspecified atom stereocenters. The number of hydrogen-bond donors (Lipinski definition) is 0. The van der Waals surface area contributed by atoms with E-state index in [1.807, 2.05) is 36.5 Å². The van der Waals surface area contributed by atoms with Crippen molar-refractivity contribution >= 4 is 23.4 Å². The minimum absolute atomic E-state index is 0.0550. The first-order valence-corrected chi connectivity index (χ1v) is 10.5. The van der Waals surface area contributed by atoms with Gasteiger partial charge in [0.05, 0.1) is 22.5 Å². The number of piperazine rings is 1. The molecule has 0 atom stereocenters. The number of hydrogen-bond acceptors (Lipinski definition) is 3. The van der Waals surface area contributed by atoms with Gasteiger partial charge in [-0.25, -0.2) is 9.07 Å². The van der Waals surface area contributed by atoms with Crippen molar-refractivity contribution in [1.82, 2.24) is 19.6 Å². The molecule has 0 aliphatic carbocycles. The van der Waals surface area contributed by atoms with E-state index in [4.69, 9.17) is 11.6 Å². The van der Waals surface area contributed by atoms with Gasteiger partial charge in [0.2, 0.25) is 5.91 Å². The van der Waals surface area contributed by atoms with Gasteiger partial charge in [-0.2, -0.15) is 5.10 Å². The molecule has 4 rings (SSSR count). The Hall–Kier alpha value is -3.19. The van der Waals surface area contributed by atoms with Gasteiger partial charge in [0.1, 0.15) is 5.82 Å². The molecule has 0 bridgehead atoms. The highest BCUT2D eigenvalue weighted by atomic mass is 35.5. The van der Waals surface area contributed by atoms with E-state index in [0.717, 1.165) is 17.3 Å². The van der Waals surface area contributed by atoms with E-state index in [1.54, 1.807) is 20.7 Å². The number of nitrogens with zero attached hydrogens (tertiary/aromatic N) is 4. The Balaban J connectivity index is 1.28. The summed E-state index contributed by atoms with van der Waals surface area (Å²) in [5.41, 5.74) is 2.25. The van der Waals surface area contributed by atoms with Crippen LogP contribution in [0.1, 0.15) is 22.3 Å². The zero-order chi connectivity index (χ0) is 21.8. The number of carbonyl (C=O) groups excluding carboxylic acids is 2. The zero-order valence-corrected chi connectivity index (χ0v) is 17.6. The van der Waals surface area contributed by atoms with Gasteiger partial charge in [0.25, 0.3) is 5.91 Å². The maximum absolute atomic E-state index is 13.2. The summed E-state index contributed by atoms with van der Waals surface area (Å²) in [5.74, 6) is -0.670. The molecular formula is C23H22ClFN4O2. The Morgan fingerprint density at radius 3 is 2.42 bits per heavy atom. The van der Waals surface area contributed by atoms with Gasteiger partial charge >= 0.3 is 0 Å². The molecule has 1 aliphatic heterocycles. The van der Waals surface area contributed by atoms with Crippen molar-refractivity contribution in [3.8, 4) is 5.69 Å². The summed E-state index contributed by atoms with van der Waals surface area (Å²) >= 11 is 6.00. The monoisotopic (exact) mass is 440 g/mol. The van der Waals surface area contributed by atoms with E-state index in [1.165, 1.54) is 12.1 Å². The van der Waals surface area contributed by atoms with Crippen molar-refractivity contribution in [2.75, 3.05) is 26.2 Å². The van der Waals surface area contributed by atoms with Crippen molar-refractivity contribution in [2.45, 2.75) is 12.8 Å². The van der Waals surface area contributed by atoms with Crippen LogP contribution in [-0.2, 0) is 11.2 Å². The molecule has 2 aromatic carbocycles. The molecule has 2 amide bonds. The summed E-state index contributed by atoms with van der Waals surface area (Å²) in [6, 6.07) is 13.6. The summed E-state index contributed by atoms with van der Waals surface area (Å²) in [7, 11) is 0. The molecule has 0 spiro atoms. The number of amides is 2. The summed E-state index contributed by atoms with van der Waals surface area (Å²) in [6.45, 7) is 1.77. The van der Waals surface area contributed by atoms with Gasteiger partial charge < -0.3 is 9.80 Å². The van der Waals surface area contributed by atoms with Gasteiger partial charge in [-0.3, -0.25) is 9.59 Å². The summed E-state index contributed by atoms with van der Waals surface area (Å²) in [5, 5.41) is 4.46. The van der Waals surface area contributed by atoms with Crippen molar-refractivity contribution < 1.29 is 14.0 Å². The summed E-state index contributed by atoms with van der Waals surface area (Å²) in [6.07, 6.45) is 4.71. The predicted octanol–water partition coefficient (Wildman–Crippen LogP) is 3.58. The quantitative estimate of drug-likeness (QED) is 0.609. The van der Waals surface area contributed by atoms with Crippen LogP contribution in [0.5, 0.6) is 0 Å². The van der Waals surface area contributed by atoms with Crippen molar-refractivity contribution in [3.05, 3.63) is 82.9 Å². The zero-order valence-electron chi connectivity index (χ0n) is 16.9. The third kappa shape index (κ3) is 4.94. The molecule has 31 heavy (non-hydrogen) atoms. The van der Waals surface area contributed by atoms with Crippen LogP contribution >= 0.6 is 11.6 Å². The Morgan fingerprint density at radius 1 is 1.00 bits per heavy atom. The minimum atomic E-state index is -0.480. The highest BCUT2D eigenvalue weighted by molar-refractivity contribution is 6.33. The lowest BCUT2D eigenvalue weighted by Crippen LogP contribution is -2.50. The summed E-state index contributed by atoms with van der Waals surface area (Å²) in [4.78, 5) is 28.7. The lowest BCUT2D eigenvalue weighted by Gasteiger charge is -2.35. The number of para-hydroxylation sites is 1. The normalized spacial score (nSPS) is 14.0. The van der Waals surface area contributed by atoms with Crippen LogP contribution in [0.3, 0.4) is 0 Å². The first kappa shape index (κ1) is 21.1. The third-order valence-electron chi connectivity index (χ3n) is 5.37. The topological polar surface area (TPSA) is 58.4 Å². The molecule has 160 valence electrons. The van der Waals surface area contributed by atoms with E-state index in [2.05, 4.69) is 5.10 Å². The molecule has 3 aromatic rings. The highest BCUT2D eigenvalue weighted by Gasteiger charge is 2.26. The molecule has 6 nitrogen and oxygen atoms in total. The highest BCUT2D eigenvalue weighted by Crippen LogP contribution is 2.20. The Morgan fingerprint density at radius 2 is 1.71 bits per heavy atom. The second-order valence-electron chi connectivity index (χ2n) is 7.43. The van der Waals surface area contributed by atoms with Gasteiger partial charge in [0.15, 0.2) is 0 Å². The standard InChI is InChI=1S/C23H22ClFN4O2/c24-21-14-18(25)7-8-20(21)23(31)28-12-10-27(11-13-28)22(30)9-6-17-15-26-29(16-17)19-4-2-1-3-5-19/h1-5,7-8,14-16H,6,9-13H2. The van der Waals surface area contributed by atoms with Gasteiger partial charge in [-0.05, 0) is 42.3 Å². The van der Waals surface area contributed by atoms with E-state index >= 15 is 0 Å². The van der Waals surface area contributed by atoms with E-state index in [0.29, 0.717) is 39.0 Å². The maximum Gasteiger partial charge on any atom is 0.255 e. The van der Waals surface area contributed by atoms with Crippen molar-refractivity contribution in [1.29, 1.82) is 0 Å². The van der Waals surface area contributed by atoms with Gasteiger partial charge in [0, 0.05) is 38.8 Å². The van der Waals surface area contributed by atoms with Crippen LogP contribution in [0.25, 0.3) is 5.69 Å². The first-order chi connectivity index (χ1) is 15.0. The fourth-order valence-electron chi connectivity index (χ4n) is 3.61. The minimum Gasteiger partial charge on any atom is -0.339 e. The van der Waals surface area contributed by atoms with Gasteiger partial charge in [-0.1, -0.05) is 29.8 Å². The number of rotatable bonds is 5. The molecule has 8 heteroatoms. The Labute approximate surface area is 184 Å². The summed E-state index contributed by atoms with van der Waals surface area (Å²) < 4.78 is 15.0. The predicted molar refractivity (Wildman–Crippen MR) is 116 cm³/mol. The molecule has 1 aromatic heterocycles. The van der Waals surface area contributed by atoms with Crippen LogP contribution < -0.4 is 0 Å². The lowest BCUT2D eigenvalue weighted by atomic mass is 10.1. The van der Waals surface area contributed by atoms with Crippen LogP contribution in [0.15, 0.2) is 60.9 Å². The van der Waals surface area contributed by atoms with Crippen LogP contribution in [0.4, 0.5) is 4.39 Å². The van der Waals surface area contributed by atoms with Crippen LogP contribution in [0, 0.1) is 5.82 Å². The largest absolute Gasteiger partial charge is 0.339 e. The van der Waals surface area contributed by atoms with Crippen molar-refractivity contribution in [3.63, 3.8) is 0 Å². The number of aryl methyl sites for hydroxylation is 1. The lowest BCUT2D eigenvalue weighted by molar-refractivity contribution is -0.132. The number of halogens is 2. The van der Waals surface area contributed by atoms with Crippen LogP contribution in [-0.4, -0.2) is 57.6 Å². The molecule has 1 fully saturated rings. The van der Waals surface area contributed by atoms with Crippen LogP contribution in [0.2, 0.25) is 5.02 Å². The molecule has 0 radical (unpaired) electrons.